The van der Waals surface area contributed by atoms with Crippen molar-refractivity contribution in [3.8, 4) is 0 Å². The third-order valence-electron chi connectivity index (χ3n) is 5.17. The van der Waals surface area contributed by atoms with E-state index in [0.29, 0.717) is 18.9 Å². The summed E-state index contributed by atoms with van der Waals surface area (Å²) in [4.78, 5) is 34.8. The molecule has 0 amide bonds. The average Bonchev–Trinajstić information content (AvgIpc) is 2.71. The number of ether oxygens (including phenoxy) is 3. The summed E-state index contributed by atoms with van der Waals surface area (Å²) in [6.45, 7) is 4.96. The van der Waals surface area contributed by atoms with Crippen LogP contribution in [-0.2, 0) is 28.6 Å². The van der Waals surface area contributed by atoms with E-state index in [2.05, 4.69) is 6.58 Å². The molecule has 0 radical (unpaired) electrons. The van der Waals surface area contributed by atoms with E-state index in [1.165, 1.54) is 6.92 Å². The van der Waals surface area contributed by atoms with Crippen molar-refractivity contribution in [2.24, 2.45) is 17.3 Å². The van der Waals surface area contributed by atoms with Crippen LogP contribution in [0, 0.1) is 17.3 Å². The molecule has 0 aromatic rings. The lowest BCUT2D eigenvalue weighted by Crippen LogP contribution is -2.47. The molecule has 0 aromatic carbocycles. The van der Waals surface area contributed by atoms with Gasteiger partial charge in [-0.3, -0.25) is 0 Å². The smallest absolute Gasteiger partial charge is 0.344 e. The van der Waals surface area contributed by atoms with Crippen molar-refractivity contribution in [2.75, 3.05) is 13.2 Å². The van der Waals surface area contributed by atoms with E-state index < -0.39 is 24.0 Å². The highest BCUT2D eigenvalue weighted by atomic mass is 16.6. The molecule has 6 nitrogen and oxygen atoms in total. The molecular weight excluding hydrogens is 300 g/mol. The van der Waals surface area contributed by atoms with Gasteiger partial charge in [-0.25, -0.2) is 9.59 Å². The maximum atomic E-state index is 12.0. The maximum absolute atomic E-state index is 12.0. The lowest BCUT2D eigenvalue weighted by molar-refractivity contribution is -0.174. The van der Waals surface area contributed by atoms with Crippen molar-refractivity contribution in [3.63, 3.8) is 0 Å². The molecule has 2 saturated heterocycles. The lowest BCUT2D eigenvalue weighted by atomic mass is 9.61. The number of aldehydes is 1. The van der Waals surface area contributed by atoms with Crippen molar-refractivity contribution >= 4 is 18.2 Å². The Bertz CT molecular complexity index is 541. The zero-order chi connectivity index (χ0) is 16.6. The first-order valence-corrected chi connectivity index (χ1v) is 8.02. The minimum absolute atomic E-state index is 0.140. The third-order valence-corrected chi connectivity index (χ3v) is 5.17. The Kier molecular flexibility index (Phi) is 4.27. The van der Waals surface area contributed by atoms with Crippen molar-refractivity contribution < 1.29 is 28.6 Å². The number of carbonyl (C=O) groups excluding carboxylic acids is 3. The van der Waals surface area contributed by atoms with Crippen LogP contribution in [0.1, 0.15) is 32.6 Å². The summed E-state index contributed by atoms with van der Waals surface area (Å²) in [5, 5.41) is 0. The highest BCUT2D eigenvalue weighted by Gasteiger charge is 2.54. The second-order valence-corrected chi connectivity index (χ2v) is 7.15. The van der Waals surface area contributed by atoms with Gasteiger partial charge in [0, 0.05) is 11.0 Å². The minimum Gasteiger partial charge on any atom is -0.457 e. The number of hydrogen-bond donors (Lipinski definition) is 0. The molecule has 5 atom stereocenters. The van der Waals surface area contributed by atoms with Crippen molar-refractivity contribution in [2.45, 2.75) is 44.8 Å². The van der Waals surface area contributed by atoms with Crippen LogP contribution in [0.25, 0.3) is 0 Å². The quantitative estimate of drug-likeness (QED) is 0.433. The first-order valence-electron chi connectivity index (χ1n) is 8.02. The van der Waals surface area contributed by atoms with Crippen LogP contribution in [0.2, 0.25) is 0 Å². The third kappa shape index (κ3) is 3.17. The number of hydrogen-bond acceptors (Lipinski definition) is 6. The molecule has 0 N–H and O–H groups in total. The summed E-state index contributed by atoms with van der Waals surface area (Å²) >= 11 is 0. The van der Waals surface area contributed by atoms with Crippen molar-refractivity contribution in [3.05, 3.63) is 12.2 Å². The Morgan fingerprint density at radius 2 is 2.13 bits per heavy atom. The van der Waals surface area contributed by atoms with Crippen LogP contribution >= 0.6 is 0 Å². The molecule has 4 aliphatic rings. The fourth-order valence-electron chi connectivity index (χ4n) is 4.26. The fraction of sp³-hybridized carbons (Fsp3) is 0.706. The Balaban J connectivity index is 1.63. The second-order valence-electron chi connectivity index (χ2n) is 7.15. The molecular formula is C17H22O6. The number of fused-ring (bicyclic) bond motifs is 1. The molecule has 0 aromatic heterocycles. The Morgan fingerprint density at radius 1 is 1.35 bits per heavy atom. The van der Waals surface area contributed by atoms with Gasteiger partial charge in [0.2, 0.25) is 0 Å². The lowest BCUT2D eigenvalue weighted by Gasteiger charge is -2.44. The number of esters is 2. The molecule has 23 heavy (non-hydrogen) atoms. The summed E-state index contributed by atoms with van der Waals surface area (Å²) in [6, 6.07) is 0. The van der Waals surface area contributed by atoms with Gasteiger partial charge in [-0.1, -0.05) is 6.58 Å². The average molecular weight is 322 g/mol. The topological polar surface area (TPSA) is 78.9 Å². The predicted molar refractivity (Wildman–Crippen MR) is 79.3 cm³/mol. The van der Waals surface area contributed by atoms with Gasteiger partial charge in [0.15, 0.2) is 6.61 Å². The Morgan fingerprint density at radius 3 is 2.83 bits per heavy atom. The van der Waals surface area contributed by atoms with Crippen LogP contribution < -0.4 is 0 Å². The highest BCUT2D eigenvalue weighted by Crippen LogP contribution is 2.52. The first-order chi connectivity index (χ1) is 10.9. The van der Waals surface area contributed by atoms with E-state index in [1.54, 1.807) is 0 Å². The molecule has 2 aliphatic heterocycles. The van der Waals surface area contributed by atoms with E-state index in [-0.39, 0.29) is 23.7 Å². The molecule has 6 heteroatoms. The van der Waals surface area contributed by atoms with Crippen LogP contribution in [0.4, 0.5) is 0 Å². The summed E-state index contributed by atoms with van der Waals surface area (Å²) in [5.74, 6) is -0.593. The molecule has 2 saturated carbocycles. The predicted octanol–water partition coefficient (Wildman–Crippen LogP) is 1.42. The SMILES string of the molecule is C=C(C)C(=O)OCC(=O)OC1C2CC3CC1OCC(C=O)(C3)C2. The second kappa shape index (κ2) is 6.07. The van der Waals surface area contributed by atoms with E-state index in [9.17, 15) is 14.4 Å². The van der Waals surface area contributed by atoms with E-state index in [0.717, 1.165) is 25.5 Å². The zero-order valence-corrected chi connectivity index (χ0v) is 13.3. The van der Waals surface area contributed by atoms with Crippen molar-refractivity contribution in [1.29, 1.82) is 0 Å². The van der Waals surface area contributed by atoms with Gasteiger partial charge in [-0.15, -0.1) is 0 Å². The van der Waals surface area contributed by atoms with Crippen LogP contribution in [0.5, 0.6) is 0 Å². The summed E-state index contributed by atoms with van der Waals surface area (Å²) in [7, 11) is 0. The van der Waals surface area contributed by atoms with Gasteiger partial charge >= 0.3 is 11.9 Å². The van der Waals surface area contributed by atoms with Gasteiger partial charge in [0.05, 0.1) is 12.7 Å². The van der Waals surface area contributed by atoms with Crippen LogP contribution in [0.15, 0.2) is 12.2 Å². The molecule has 126 valence electrons. The monoisotopic (exact) mass is 322 g/mol. The molecule has 4 bridgehead atoms. The summed E-state index contributed by atoms with van der Waals surface area (Å²) < 4.78 is 16.2. The highest BCUT2D eigenvalue weighted by molar-refractivity contribution is 5.88. The van der Waals surface area contributed by atoms with Crippen LogP contribution in [-0.4, -0.2) is 43.6 Å². The Hall–Kier alpha value is -1.69. The van der Waals surface area contributed by atoms with Gasteiger partial charge in [-0.2, -0.15) is 0 Å². The van der Waals surface area contributed by atoms with Gasteiger partial charge in [0.25, 0.3) is 0 Å². The van der Waals surface area contributed by atoms with E-state index in [4.69, 9.17) is 14.2 Å². The van der Waals surface area contributed by atoms with Crippen molar-refractivity contribution in [1.82, 2.24) is 0 Å². The standard InChI is InChI=1S/C17H22O6/c1-10(2)16(20)21-7-14(19)23-15-12-3-11-4-13(15)22-9-17(5-11,6-12)8-18/h8,11-13,15H,1,3-7,9H2,2H3. The largest absolute Gasteiger partial charge is 0.457 e. The van der Waals surface area contributed by atoms with Crippen LogP contribution in [0.3, 0.4) is 0 Å². The molecule has 5 unspecified atom stereocenters. The first kappa shape index (κ1) is 16.2. The summed E-state index contributed by atoms with van der Waals surface area (Å²) in [6.07, 6.45) is 3.85. The molecule has 0 spiro atoms. The maximum Gasteiger partial charge on any atom is 0.344 e. The van der Waals surface area contributed by atoms with Gasteiger partial charge in [-0.05, 0) is 44.4 Å². The van der Waals surface area contributed by atoms with Gasteiger partial charge in [0.1, 0.15) is 12.4 Å². The normalized spacial score (nSPS) is 37.8. The fourth-order valence-corrected chi connectivity index (χ4v) is 4.26. The number of rotatable bonds is 5. The van der Waals surface area contributed by atoms with E-state index in [1.807, 2.05) is 0 Å². The minimum atomic E-state index is -0.611. The molecule has 2 heterocycles. The molecule has 4 fully saturated rings. The molecule has 4 rings (SSSR count). The van der Waals surface area contributed by atoms with E-state index >= 15 is 0 Å². The Labute approximate surface area is 135 Å². The zero-order valence-electron chi connectivity index (χ0n) is 13.3. The summed E-state index contributed by atoms with van der Waals surface area (Å²) in [5.41, 5.74) is -0.184. The van der Waals surface area contributed by atoms with Gasteiger partial charge < -0.3 is 19.0 Å². The number of carbonyl (C=O) groups is 3. The molecule has 2 aliphatic carbocycles.